The van der Waals surface area contributed by atoms with E-state index in [1.165, 1.54) is 0 Å². The zero-order valence-corrected chi connectivity index (χ0v) is 9.52. The zero-order valence-electron chi connectivity index (χ0n) is 8.76. The second-order valence-electron chi connectivity index (χ2n) is 3.81. The van der Waals surface area contributed by atoms with Gasteiger partial charge in [-0.05, 0) is 0 Å². The fourth-order valence-corrected chi connectivity index (χ4v) is 2.03. The fourth-order valence-electron chi connectivity index (χ4n) is 1.78. The van der Waals surface area contributed by atoms with Crippen molar-refractivity contribution >= 4 is 23.6 Å². The predicted octanol–water partition coefficient (Wildman–Crippen LogP) is -1.82. The Bertz CT molecular complexity index is 341. The monoisotopic (exact) mass is 264 g/mol. The predicted molar refractivity (Wildman–Crippen MR) is 57.5 cm³/mol. The van der Waals surface area contributed by atoms with Crippen molar-refractivity contribution in [2.45, 2.75) is 24.5 Å². The third-order valence-electron chi connectivity index (χ3n) is 2.72. The number of nitrogens with zero attached hydrogens (tertiary/aromatic N) is 1. The van der Waals surface area contributed by atoms with Crippen molar-refractivity contribution in [2.24, 2.45) is 0 Å². The van der Waals surface area contributed by atoms with Crippen molar-refractivity contribution in [3.05, 3.63) is 0 Å². The quantitative estimate of drug-likeness (QED) is 0.376. The minimum absolute atomic E-state index is 0.0213. The molecule has 2 aliphatic rings. The Kier molecular flexibility index (Phi) is 3.38. The summed E-state index contributed by atoms with van der Waals surface area (Å²) in [6.07, 6.45) is -4.05. The molecule has 2 fully saturated rings. The maximum Gasteiger partial charge on any atom is 0.327 e. The van der Waals surface area contributed by atoms with E-state index in [-0.39, 0.29) is 18.5 Å². The molecule has 0 radical (unpaired) electrons. The highest BCUT2D eigenvalue weighted by molar-refractivity contribution is 6.18. The van der Waals surface area contributed by atoms with Crippen LogP contribution in [-0.2, 0) is 4.74 Å². The van der Waals surface area contributed by atoms with Crippen LogP contribution in [0.15, 0.2) is 0 Å². The average molecular weight is 265 g/mol. The smallest absolute Gasteiger partial charge is 0.327 e. The molecule has 2 aliphatic heterocycles. The number of hydrogen-bond acceptors (Lipinski definition) is 5. The molecule has 0 aromatic heterocycles. The molecule has 2 saturated heterocycles. The first-order valence-corrected chi connectivity index (χ1v) is 5.55. The van der Waals surface area contributed by atoms with Gasteiger partial charge in [-0.2, -0.15) is 0 Å². The molecule has 4 atom stereocenters. The van der Waals surface area contributed by atoms with E-state index in [1.54, 1.807) is 0 Å². The van der Waals surface area contributed by atoms with Crippen molar-refractivity contribution in [3.63, 3.8) is 0 Å². The highest BCUT2D eigenvalue weighted by Crippen LogP contribution is 2.25. The van der Waals surface area contributed by atoms with Gasteiger partial charge in [-0.3, -0.25) is 15.6 Å². The number of nitrogens with one attached hydrogen (secondary N) is 3. The van der Waals surface area contributed by atoms with Gasteiger partial charge in [-0.1, -0.05) is 0 Å². The summed E-state index contributed by atoms with van der Waals surface area (Å²) in [6.45, 7) is 0.0219. The van der Waals surface area contributed by atoms with Gasteiger partial charge in [0.15, 0.2) is 12.2 Å². The van der Waals surface area contributed by atoms with Crippen molar-refractivity contribution in [3.8, 4) is 0 Å². The Hall–Kier alpha value is -1.09. The lowest BCUT2D eigenvalue weighted by molar-refractivity contribution is -0.0672. The molecule has 96 valence electrons. The third kappa shape index (κ3) is 2.16. The summed E-state index contributed by atoms with van der Waals surface area (Å²) in [6, 6.07) is -0.569. The summed E-state index contributed by atoms with van der Waals surface area (Å²) >= 11 is 5.57. The van der Waals surface area contributed by atoms with Crippen LogP contribution in [-0.4, -0.2) is 64.2 Å². The van der Waals surface area contributed by atoms with Gasteiger partial charge in [0.1, 0.15) is 18.3 Å². The number of guanidine groups is 1. The Morgan fingerprint density at radius 1 is 1.53 bits per heavy atom. The molecular weight excluding hydrogens is 252 g/mol. The van der Waals surface area contributed by atoms with Gasteiger partial charge in [-0.25, -0.2) is 4.79 Å². The summed E-state index contributed by atoms with van der Waals surface area (Å²) in [5.41, 5.74) is 0. The van der Waals surface area contributed by atoms with Crippen LogP contribution in [0.1, 0.15) is 0 Å². The number of aliphatic hydroxyl groups excluding tert-OH is 2. The molecule has 4 unspecified atom stereocenters. The number of alkyl halides is 1. The first-order chi connectivity index (χ1) is 8.04. The number of aliphatic hydroxyl groups is 2. The van der Waals surface area contributed by atoms with Crippen LogP contribution in [0.5, 0.6) is 0 Å². The van der Waals surface area contributed by atoms with E-state index < -0.39 is 30.6 Å². The van der Waals surface area contributed by atoms with Gasteiger partial charge in [0.25, 0.3) is 0 Å². The second-order valence-corrected chi connectivity index (χ2v) is 4.12. The van der Waals surface area contributed by atoms with Crippen LogP contribution in [0.4, 0.5) is 4.79 Å². The van der Waals surface area contributed by atoms with Gasteiger partial charge >= 0.3 is 6.03 Å². The molecule has 5 N–H and O–H groups in total. The summed E-state index contributed by atoms with van der Waals surface area (Å²) in [5.74, 6) is -0.0962. The minimum Gasteiger partial charge on any atom is -0.387 e. The summed E-state index contributed by atoms with van der Waals surface area (Å²) in [5, 5.41) is 31.4. The van der Waals surface area contributed by atoms with Crippen molar-refractivity contribution in [1.29, 1.82) is 5.41 Å². The van der Waals surface area contributed by atoms with Gasteiger partial charge < -0.3 is 20.3 Å². The molecule has 9 heteroatoms. The molecule has 0 spiro atoms. The summed E-state index contributed by atoms with van der Waals surface area (Å²) in [4.78, 5) is 12.7. The molecule has 0 aromatic carbocycles. The molecule has 17 heavy (non-hydrogen) atoms. The SMILES string of the molecule is N=C1NCN(C2OC(CCl)C(O)C2O)C(=O)N1. The fraction of sp³-hybridized carbons (Fsp3) is 0.750. The average Bonchev–Trinajstić information content (AvgIpc) is 2.57. The van der Waals surface area contributed by atoms with E-state index in [0.717, 1.165) is 4.90 Å². The van der Waals surface area contributed by atoms with Crippen LogP contribution in [0.2, 0.25) is 0 Å². The molecule has 0 saturated carbocycles. The topological polar surface area (TPSA) is 118 Å². The molecular formula is C8H13ClN4O4. The Labute approximate surface area is 102 Å². The number of amides is 2. The molecule has 2 rings (SSSR count). The van der Waals surface area contributed by atoms with Crippen molar-refractivity contribution < 1.29 is 19.7 Å². The molecule has 0 bridgehead atoms. The van der Waals surface area contributed by atoms with E-state index in [4.69, 9.17) is 21.7 Å². The van der Waals surface area contributed by atoms with Crippen molar-refractivity contribution in [1.82, 2.24) is 15.5 Å². The van der Waals surface area contributed by atoms with Gasteiger partial charge in [-0.15, -0.1) is 11.6 Å². The van der Waals surface area contributed by atoms with Crippen LogP contribution >= 0.6 is 11.6 Å². The van der Waals surface area contributed by atoms with Gasteiger partial charge in [0, 0.05) is 0 Å². The largest absolute Gasteiger partial charge is 0.387 e. The first-order valence-electron chi connectivity index (χ1n) is 5.02. The van der Waals surface area contributed by atoms with E-state index in [0.29, 0.717) is 0 Å². The van der Waals surface area contributed by atoms with Gasteiger partial charge in [0.05, 0.1) is 12.5 Å². The minimum atomic E-state index is -1.22. The van der Waals surface area contributed by atoms with E-state index in [2.05, 4.69) is 10.6 Å². The number of hydrogen-bond donors (Lipinski definition) is 5. The number of carbonyl (C=O) groups is 1. The maximum atomic E-state index is 11.6. The highest BCUT2D eigenvalue weighted by atomic mass is 35.5. The van der Waals surface area contributed by atoms with Crippen LogP contribution < -0.4 is 10.6 Å². The Morgan fingerprint density at radius 3 is 2.76 bits per heavy atom. The van der Waals surface area contributed by atoms with Crippen LogP contribution in [0.3, 0.4) is 0 Å². The lowest BCUT2D eigenvalue weighted by atomic mass is 10.1. The lowest BCUT2D eigenvalue weighted by Crippen LogP contribution is -2.62. The van der Waals surface area contributed by atoms with E-state index >= 15 is 0 Å². The van der Waals surface area contributed by atoms with Crippen LogP contribution in [0, 0.1) is 5.41 Å². The van der Waals surface area contributed by atoms with E-state index in [9.17, 15) is 15.0 Å². The second kappa shape index (κ2) is 4.65. The zero-order chi connectivity index (χ0) is 12.6. The normalized spacial score (nSPS) is 37.9. The molecule has 2 amide bonds. The summed E-state index contributed by atoms with van der Waals surface area (Å²) in [7, 11) is 0. The first kappa shape index (κ1) is 12.4. The highest BCUT2D eigenvalue weighted by Gasteiger charge is 2.47. The van der Waals surface area contributed by atoms with Crippen LogP contribution in [0.25, 0.3) is 0 Å². The lowest BCUT2D eigenvalue weighted by Gasteiger charge is -2.34. The van der Waals surface area contributed by atoms with E-state index in [1.807, 2.05) is 0 Å². The number of urea groups is 1. The number of carbonyl (C=O) groups excluding carboxylic acids is 1. The third-order valence-corrected chi connectivity index (χ3v) is 3.02. The number of rotatable bonds is 2. The maximum absolute atomic E-state index is 11.6. The van der Waals surface area contributed by atoms with Gasteiger partial charge in [0.2, 0.25) is 0 Å². The Balaban J connectivity index is 2.08. The molecule has 2 heterocycles. The number of halogens is 1. The summed E-state index contributed by atoms with van der Waals surface area (Å²) < 4.78 is 5.30. The molecule has 8 nitrogen and oxygen atoms in total. The molecule has 0 aliphatic carbocycles. The molecule has 0 aromatic rings. The standard InChI is InChI=1S/C8H13ClN4O4/c9-1-3-4(14)5(15)6(17-3)13-2-11-7(10)12-8(13)16/h3-6,14-15H,1-2H2,(H3,10,11,12,16). The number of ether oxygens (including phenoxy) is 1. The van der Waals surface area contributed by atoms with Crippen molar-refractivity contribution in [2.75, 3.05) is 12.5 Å². The Morgan fingerprint density at radius 2 is 2.24 bits per heavy atom.